The molecule has 0 aliphatic heterocycles. The first-order chi connectivity index (χ1) is 5.95. The molecule has 0 radical (unpaired) electrons. The maximum absolute atomic E-state index is 8.49. The van der Waals surface area contributed by atoms with E-state index in [0.29, 0.717) is 17.9 Å². The summed E-state index contributed by atoms with van der Waals surface area (Å²) in [6.45, 7) is 10.4. The van der Waals surface area contributed by atoms with Gasteiger partial charge < -0.3 is 9.84 Å². The zero-order valence-corrected chi connectivity index (χ0v) is 9.47. The van der Waals surface area contributed by atoms with Crippen molar-refractivity contribution in [2.24, 2.45) is 11.3 Å². The van der Waals surface area contributed by atoms with Crippen molar-refractivity contribution in [3.05, 3.63) is 0 Å². The molecule has 13 heavy (non-hydrogen) atoms. The summed E-state index contributed by atoms with van der Waals surface area (Å²) in [6, 6.07) is 0. The molecule has 0 aliphatic rings. The molecular formula is C11H24O2. The maximum Gasteiger partial charge on any atom is 0.0697 e. The van der Waals surface area contributed by atoms with E-state index in [-0.39, 0.29) is 6.61 Å². The molecule has 0 aromatic heterocycles. The van der Waals surface area contributed by atoms with Crippen LogP contribution in [0.1, 0.15) is 40.5 Å². The van der Waals surface area contributed by atoms with Gasteiger partial charge in [0.2, 0.25) is 0 Å². The van der Waals surface area contributed by atoms with Crippen molar-refractivity contribution >= 4 is 0 Å². The van der Waals surface area contributed by atoms with Gasteiger partial charge in [-0.15, -0.1) is 0 Å². The second-order valence-corrected chi connectivity index (χ2v) is 4.99. The van der Waals surface area contributed by atoms with Gasteiger partial charge in [-0.05, 0) is 24.2 Å². The minimum Gasteiger partial charge on any atom is -0.394 e. The molecule has 0 aromatic carbocycles. The lowest BCUT2D eigenvalue weighted by Gasteiger charge is -2.23. The van der Waals surface area contributed by atoms with Crippen molar-refractivity contribution in [2.45, 2.75) is 40.5 Å². The van der Waals surface area contributed by atoms with E-state index >= 15 is 0 Å². The van der Waals surface area contributed by atoms with Crippen molar-refractivity contribution in [3.63, 3.8) is 0 Å². The van der Waals surface area contributed by atoms with Crippen LogP contribution in [0.2, 0.25) is 0 Å². The summed E-state index contributed by atoms with van der Waals surface area (Å²) in [7, 11) is 0. The first-order valence-electron chi connectivity index (χ1n) is 5.14. The minimum absolute atomic E-state index is 0.133. The third kappa shape index (κ3) is 9.84. The Kier molecular flexibility index (Phi) is 6.35. The summed E-state index contributed by atoms with van der Waals surface area (Å²) in [5.41, 5.74) is 0.413. The van der Waals surface area contributed by atoms with Crippen molar-refractivity contribution in [1.82, 2.24) is 0 Å². The molecule has 0 amide bonds. The second-order valence-electron chi connectivity index (χ2n) is 4.99. The fourth-order valence-corrected chi connectivity index (χ4v) is 1.60. The largest absolute Gasteiger partial charge is 0.394 e. The highest BCUT2D eigenvalue weighted by atomic mass is 16.5. The first-order valence-corrected chi connectivity index (χ1v) is 5.14. The third-order valence-corrected chi connectivity index (χ3v) is 1.95. The van der Waals surface area contributed by atoms with E-state index < -0.39 is 0 Å². The Morgan fingerprint density at radius 1 is 1.23 bits per heavy atom. The summed E-state index contributed by atoms with van der Waals surface area (Å²) >= 11 is 0. The van der Waals surface area contributed by atoms with Crippen molar-refractivity contribution in [1.29, 1.82) is 0 Å². The Morgan fingerprint density at radius 2 is 1.85 bits per heavy atom. The maximum atomic E-state index is 8.49. The van der Waals surface area contributed by atoms with Gasteiger partial charge in [-0.2, -0.15) is 0 Å². The molecule has 0 saturated heterocycles. The van der Waals surface area contributed by atoms with E-state index in [1.165, 1.54) is 6.42 Å². The molecule has 0 spiro atoms. The van der Waals surface area contributed by atoms with Gasteiger partial charge in [0.05, 0.1) is 13.2 Å². The highest BCUT2D eigenvalue weighted by molar-refractivity contribution is 4.65. The van der Waals surface area contributed by atoms with E-state index in [2.05, 4.69) is 27.7 Å². The average molecular weight is 188 g/mol. The lowest BCUT2D eigenvalue weighted by molar-refractivity contribution is 0.0806. The predicted octanol–water partition coefficient (Wildman–Crippen LogP) is 2.46. The van der Waals surface area contributed by atoms with Crippen LogP contribution in [0.15, 0.2) is 0 Å². The molecule has 0 bridgehead atoms. The summed E-state index contributed by atoms with van der Waals surface area (Å²) < 4.78 is 5.22. The standard InChI is InChI=1S/C11H24O2/c1-10(9-11(2,3)4)5-7-13-8-6-12/h10,12H,5-9H2,1-4H3. The van der Waals surface area contributed by atoms with Crippen molar-refractivity contribution in [2.75, 3.05) is 19.8 Å². The second kappa shape index (κ2) is 6.39. The number of ether oxygens (including phenoxy) is 1. The third-order valence-electron chi connectivity index (χ3n) is 1.95. The summed E-state index contributed by atoms with van der Waals surface area (Å²) in [5, 5.41) is 8.49. The lowest BCUT2D eigenvalue weighted by Crippen LogP contribution is -2.13. The fourth-order valence-electron chi connectivity index (χ4n) is 1.60. The van der Waals surface area contributed by atoms with Crippen LogP contribution in [0, 0.1) is 11.3 Å². The van der Waals surface area contributed by atoms with Crippen LogP contribution in [0.25, 0.3) is 0 Å². The topological polar surface area (TPSA) is 29.5 Å². The number of hydrogen-bond acceptors (Lipinski definition) is 2. The van der Waals surface area contributed by atoms with E-state index in [4.69, 9.17) is 9.84 Å². The van der Waals surface area contributed by atoms with Gasteiger partial charge in [-0.1, -0.05) is 27.7 Å². The normalized spacial score (nSPS) is 14.5. The summed E-state index contributed by atoms with van der Waals surface area (Å²) in [5.74, 6) is 0.707. The minimum atomic E-state index is 0.133. The smallest absolute Gasteiger partial charge is 0.0697 e. The van der Waals surface area contributed by atoms with Gasteiger partial charge >= 0.3 is 0 Å². The summed E-state index contributed by atoms with van der Waals surface area (Å²) in [6.07, 6.45) is 2.33. The summed E-state index contributed by atoms with van der Waals surface area (Å²) in [4.78, 5) is 0. The molecule has 0 heterocycles. The van der Waals surface area contributed by atoms with Crippen LogP contribution < -0.4 is 0 Å². The SMILES string of the molecule is CC(CCOCCO)CC(C)(C)C. The predicted molar refractivity (Wildman–Crippen MR) is 55.8 cm³/mol. The molecule has 1 N–H and O–H groups in total. The van der Waals surface area contributed by atoms with Crippen LogP contribution >= 0.6 is 0 Å². The Bertz CT molecular complexity index is 116. The first kappa shape index (κ1) is 12.9. The number of hydrogen-bond donors (Lipinski definition) is 1. The quantitative estimate of drug-likeness (QED) is 0.649. The highest BCUT2D eigenvalue weighted by Crippen LogP contribution is 2.25. The van der Waals surface area contributed by atoms with Crippen LogP contribution in [-0.4, -0.2) is 24.9 Å². The van der Waals surface area contributed by atoms with Crippen molar-refractivity contribution in [3.8, 4) is 0 Å². The molecule has 0 aromatic rings. The molecule has 0 aliphatic carbocycles. The lowest BCUT2D eigenvalue weighted by atomic mass is 9.84. The Balaban J connectivity index is 3.35. The van der Waals surface area contributed by atoms with E-state index in [9.17, 15) is 0 Å². The molecule has 1 unspecified atom stereocenters. The van der Waals surface area contributed by atoms with Crippen LogP contribution in [-0.2, 0) is 4.74 Å². The highest BCUT2D eigenvalue weighted by Gasteiger charge is 2.14. The van der Waals surface area contributed by atoms with Crippen LogP contribution in [0.4, 0.5) is 0 Å². The molecule has 0 saturated carbocycles. The zero-order valence-electron chi connectivity index (χ0n) is 9.47. The number of aliphatic hydroxyl groups is 1. The average Bonchev–Trinajstić information content (AvgIpc) is 1.94. The van der Waals surface area contributed by atoms with Crippen LogP contribution in [0.3, 0.4) is 0 Å². The van der Waals surface area contributed by atoms with Gasteiger partial charge in [0.1, 0.15) is 0 Å². The Labute approximate surface area is 82.3 Å². The zero-order chi connectivity index (χ0) is 10.3. The van der Waals surface area contributed by atoms with Gasteiger partial charge in [-0.25, -0.2) is 0 Å². The van der Waals surface area contributed by atoms with Gasteiger partial charge in [0.25, 0.3) is 0 Å². The molecule has 0 rings (SSSR count). The fraction of sp³-hybridized carbons (Fsp3) is 1.00. The van der Waals surface area contributed by atoms with E-state index in [0.717, 1.165) is 13.0 Å². The number of rotatable bonds is 6. The van der Waals surface area contributed by atoms with Crippen LogP contribution in [0.5, 0.6) is 0 Å². The molecule has 2 nitrogen and oxygen atoms in total. The molecule has 1 atom stereocenters. The van der Waals surface area contributed by atoms with E-state index in [1.807, 2.05) is 0 Å². The molecule has 2 heteroatoms. The Hall–Kier alpha value is -0.0800. The Morgan fingerprint density at radius 3 is 2.31 bits per heavy atom. The number of aliphatic hydroxyl groups excluding tert-OH is 1. The van der Waals surface area contributed by atoms with Gasteiger partial charge in [0, 0.05) is 6.61 Å². The van der Waals surface area contributed by atoms with Gasteiger partial charge in [-0.3, -0.25) is 0 Å². The molecule has 0 fully saturated rings. The monoisotopic (exact) mass is 188 g/mol. The molecular weight excluding hydrogens is 164 g/mol. The van der Waals surface area contributed by atoms with E-state index in [1.54, 1.807) is 0 Å². The van der Waals surface area contributed by atoms with Gasteiger partial charge in [0.15, 0.2) is 0 Å². The molecule has 80 valence electrons. The van der Waals surface area contributed by atoms with Crippen molar-refractivity contribution < 1.29 is 9.84 Å².